The molecule has 0 aliphatic carbocycles. The number of nitrogens with one attached hydrogen (secondary N) is 1. The summed E-state index contributed by atoms with van der Waals surface area (Å²) in [4.78, 5) is 48.2. The number of hydrogen-bond acceptors (Lipinski definition) is 6. The number of likely N-dealkylation sites (tertiary alicyclic amines) is 1. The molecular formula is C23H24N6O3. The predicted molar refractivity (Wildman–Crippen MR) is 118 cm³/mol. The zero-order valence-corrected chi connectivity index (χ0v) is 18.0. The molecule has 2 aromatic heterocycles. The molecule has 0 spiro atoms. The van der Waals surface area contributed by atoms with E-state index in [0.717, 1.165) is 12.8 Å². The van der Waals surface area contributed by atoms with Crippen LogP contribution in [0.1, 0.15) is 46.5 Å². The first-order valence-electron chi connectivity index (χ1n) is 10.5. The number of aromatic nitrogens is 4. The Morgan fingerprint density at radius 3 is 2.66 bits per heavy atom. The van der Waals surface area contributed by atoms with E-state index in [1.54, 1.807) is 36.9 Å². The minimum atomic E-state index is -0.319. The maximum Gasteiger partial charge on any atom is 0.267 e. The molecule has 1 aromatic carbocycles. The number of aryl methyl sites for hydroxylation is 2. The van der Waals surface area contributed by atoms with Crippen molar-refractivity contribution in [1.29, 1.82) is 0 Å². The lowest BCUT2D eigenvalue weighted by atomic mass is 10.1. The van der Waals surface area contributed by atoms with Gasteiger partial charge in [0, 0.05) is 24.5 Å². The number of hydrogen-bond donors (Lipinski definition) is 1. The molecule has 3 heterocycles. The Morgan fingerprint density at radius 2 is 1.91 bits per heavy atom. The largest absolute Gasteiger partial charge is 0.331 e. The van der Waals surface area contributed by atoms with Gasteiger partial charge in [0.1, 0.15) is 6.54 Å². The molecule has 32 heavy (non-hydrogen) atoms. The molecule has 9 heteroatoms. The summed E-state index contributed by atoms with van der Waals surface area (Å²) in [5.74, 6) is -0.00138. The molecule has 9 nitrogen and oxygen atoms in total. The number of anilines is 1. The molecule has 1 N–H and O–H groups in total. The third-order valence-electron chi connectivity index (χ3n) is 5.43. The molecule has 0 saturated carbocycles. The van der Waals surface area contributed by atoms with Gasteiger partial charge in [-0.2, -0.15) is 5.10 Å². The second-order valence-electron chi connectivity index (χ2n) is 7.76. The first-order valence-corrected chi connectivity index (χ1v) is 10.5. The number of benzene rings is 1. The van der Waals surface area contributed by atoms with Gasteiger partial charge in [0.05, 0.1) is 23.0 Å². The zero-order chi connectivity index (χ0) is 22.7. The highest BCUT2D eigenvalue weighted by molar-refractivity contribution is 6.04. The average molecular weight is 432 g/mol. The van der Waals surface area contributed by atoms with Crippen molar-refractivity contribution in [3.05, 3.63) is 81.8 Å². The van der Waals surface area contributed by atoms with Gasteiger partial charge in [0.25, 0.3) is 11.5 Å². The lowest BCUT2D eigenvalue weighted by Gasteiger charge is -2.24. The van der Waals surface area contributed by atoms with Crippen molar-refractivity contribution in [3.8, 4) is 0 Å². The Hall–Kier alpha value is -3.88. The Bertz CT molecular complexity index is 1210. The second-order valence-corrected chi connectivity index (χ2v) is 7.76. The smallest absolute Gasteiger partial charge is 0.267 e. The minimum Gasteiger partial charge on any atom is -0.331 e. The van der Waals surface area contributed by atoms with Gasteiger partial charge < -0.3 is 10.2 Å². The van der Waals surface area contributed by atoms with Gasteiger partial charge in [-0.05, 0) is 44.9 Å². The van der Waals surface area contributed by atoms with Crippen molar-refractivity contribution in [2.45, 2.75) is 39.3 Å². The standard InChI is InChI=1S/C23H24N6O3/c1-15-10-11-20(30)29(27-15)14-21(31)28-12-6-9-19(28)22-24-13-18(16(2)25-22)23(32)26-17-7-4-3-5-8-17/h3-5,7-8,10-11,13,19H,6,9,12,14H2,1-2H3,(H,26,32)/t19-/m0/s1. The van der Waals surface area contributed by atoms with Crippen molar-refractivity contribution in [3.63, 3.8) is 0 Å². The fraction of sp³-hybridized carbons (Fsp3) is 0.304. The number of amides is 2. The third kappa shape index (κ3) is 4.56. The molecule has 1 aliphatic rings. The van der Waals surface area contributed by atoms with E-state index in [9.17, 15) is 14.4 Å². The maximum atomic E-state index is 12.9. The van der Waals surface area contributed by atoms with Crippen molar-refractivity contribution in [1.82, 2.24) is 24.6 Å². The third-order valence-corrected chi connectivity index (χ3v) is 5.43. The van der Waals surface area contributed by atoms with Crippen molar-refractivity contribution in [2.75, 3.05) is 11.9 Å². The lowest BCUT2D eigenvalue weighted by molar-refractivity contribution is -0.133. The van der Waals surface area contributed by atoms with E-state index in [1.807, 2.05) is 18.2 Å². The minimum absolute atomic E-state index is 0.131. The van der Waals surface area contributed by atoms with E-state index in [2.05, 4.69) is 20.4 Å². The first kappa shape index (κ1) is 21.4. The van der Waals surface area contributed by atoms with Crippen LogP contribution in [0.3, 0.4) is 0 Å². The van der Waals surface area contributed by atoms with Crippen LogP contribution >= 0.6 is 0 Å². The average Bonchev–Trinajstić information content (AvgIpc) is 3.27. The van der Waals surface area contributed by atoms with Crippen molar-refractivity contribution >= 4 is 17.5 Å². The van der Waals surface area contributed by atoms with Gasteiger partial charge >= 0.3 is 0 Å². The quantitative estimate of drug-likeness (QED) is 0.662. The van der Waals surface area contributed by atoms with E-state index in [-0.39, 0.29) is 30.0 Å². The van der Waals surface area contributed by atoms with Crippen molar-refractivity contribution < 1.29 is 9.59 Å². The van der Waals surface area contributed by atoms with Crippen LogP contribution in [0, 0.1) is 13.8 Å². The lowest BCUT2D eigenvalue weighted by Crippen LogP contribution is -2.37. The van der Waals surface area contributed by atoms with Crippen molar-refractivity contribution in [2.24, 2.45) is 0 Å². The highest BCUT2D eigenvalue weighted by Crippen LogP contribution is 2.30. The molecule has 0 bridgehead atoms. The zero-order valence-electron chi connectivity index (χ0n) is 18.0. The Morgan fingerprint density at radius 1 is 1.12 bits per heavy atom. The normalized spacial score (nSPS) is 15.6. The SMILES string of the molecule is Cc1ccc(=O)n(CC(=O)N2CCC[C@H]2c2ncc(C(=O)Nc3ccccc3)c(C)n2)n1. The van der Waals surface area contributed by atoms with Gasteiger partial charge in [-0.25, -0.2) is 14.6 Å². The van der Waals surface area contributed by atoms with Gasteiger partial charge in [-0.15, -0.1) is 0 Å². The summed E-state index contributed by atoms with van der Waals surface area (Å²) in [5, 5.41) is 6.97. The van der Waals surface area contributed by atoms with Gasteiger partial charge in [0.15, 0.2) is 5.82 Å². The highest BCUT2D eigenvalue weighted by Gasteiger charge is 2.32. The topological polar surface area (TPSA) is 110 Å². The molecule has 4 rings (SSSR count). The van der Waals surface area contributed by atoms with Gasteiger partial charge in [-0.1, -0.05) is 18.2 Å². The summed E-state index contributed by atoms with van der Waals surface area (Å²) in [5.41, 5.74) is 1.95. The van der Waals surface area contributed by atoms with E-state index < -0.39 is 0 Å². The van der Waals surface area contributed by atoms with Crippen LogP contribution < -0.4 is 10.9 Å². The number of rotatable bonds is 5. The molecule has 0 unspecified atom stereocenters. The fourth-order valence-corrected chi connectivity index (χ4v) is 3.81. The number of para-hydroxylation sites is 1. The molecule has 1 saturated heterocycles. The van der Waals surface area contributed by atoms with Crippen LogP contribution in [0.25, 0.3) is 0 Å². The summed E-state index contributed by atoms with van der Waals surface area (Å²) in [7, 11) is 0. The fourth-order valence-electron chi connectivity index (χ4n) is 3.81. The molecule has 164 valence electrons. The van der Waals surface area contributed by atoms with Crippen LogP contribution in [0.4, 0.5) is 5.69 Å². The van der Waals surface area contributed by atoms with Crippen LogP contribution in [0.15, 0.2) is 53.5 Å². The molecule has 2 amide bonds. The van der Waals surface area contributed by atoms with Crippen LogP contribution in [0.2, 0.25) is 0 Å². The number of carbonyl (C=O) groups is 2. The molecule has 0 radical (unpaired) electrons. The Balaban J connectivity index is 1.50. The van der Waals surface area contributed by atoms with Gasteiger partial charge in [0.2, 0.25) is 5.91 Å². The maximum absolute atomic E-state index is 12.9. The Kier molecular flexibility index (Phi) is 6.07. The highest BCUT2D eigenvalue weighted by atomic mass is 16.2. The summed E-state index contributed by atoms with van der Waals surface area (Å²) in [6, 6.07) is 11.9. The molecule has 1 atom stereocenters. The summed E-state index contributed by atoms with van der Waals surface area (Å²) < 4.78 is 1.18. The van der Waals surface area contributed by atoms with E-state index >= 15 is 0 Å². The first-order chi connectivity index (χ1) is 15.4. The number of carbonyl (C=O) groups excluding carboxylic acids is 2. The molecule has 1 aliphatic heterocycles. The van der Waals surface area contributed by atoms with E-state index in [0.29, 0.717) is 35.0 Å². The summed E-state index contributed by atoms with van der Waals surface area (Å²) >= 11 is 0. The second kappa shape index (κ2) is 9.09. The van der Waals surface area contributed by atoms with Crippen LogP contribution in [-0.2, 0) is 11.3 Å². The van der Waals surface area contributed by atoms with E-state index in [4.69, 9.17) is 0 Å². The summed E-state index contributed by atoms with van der Waals surface area (Å²) in [6.07, 6.45) is 3.03. The summed E-state index contributed by atoms with van der Waals surface area (Å²) in [6.45, 7) is 3.95. The predicted octanol–water partition coefficient (Wildman–Crippen LogP) is 2.27. The molecule has 3 aromatic rings. The monoisotopic (exact) mass is 432 g/mol. The van der Waals surface area contributed by atoms with E-state index in [1.165, 1.54) is 16.9 Å². The Labute approximate surface area is 185 Å². The number of nitrogens with zero attached hydrogens (tertiary/aromatic N) is 5. The molecule has 1 fully saturated rings. The van der Waals surface area contributed by atoms with Crippen LogP contribution in [0.5, 0.6) is 0 Å². The van der Waals surface area contributed by atoms with Gasteiger partial charge in [-0.3, -0.25) is 14.4 Å². The van der Waals surface area contributed by atoms with Crippen LogP contribution in [-0.4, -0.2) is 43.0 Å². The molecular weight excluding hydrogens is 408 g/mol.